The standard InChI is InChI=1S/C24H21NO3/c1-24(2)20-11-16(28-17-7-8-27-13-17)4-6-19(20)23(26)22-18-5-3-14(12-25)9-15(18)10-21(22)24/h3-6,9,11,17H,7-8,10,13H2,1-2H3/t17-/m0/s1. The molecule has 4 heteroatoms. The van der Waals surface area contributed by atoms with E-state index in [1.54, 1.807) is 6.07 Å². The highest BCUT2D eigenvalue weighted by Gasteiger charge is 2.43. The lowest BCUT2D eigenvalue weighted by atomic mass is 9.68. The Morgan fingerprint density at radius 3 is 2.75 bits per heavy atom. The second kappa shape index (κ2) is 6.05. The van der Waals surface area contributed by atoms with Gasteiger partial charge in [0.15, 0.2) is 5.78 Å². The van der Waals surface area contributed by atoms with Crippen molar-refractivity contribution in [3.05, 3.63) is 69.8 Å². The molecule has 0 amide bonds. The van der Waals surface area contributed by atoms with Gasteiger partial charge in [0, 0.05) is 23.0 Å². The molecule has 0 bridgehead atoms. The monoisotopic (exact) mass is 371 g/mol. The van der Waals surface area contributed by atoms with Crippen molar-refractivity contribution in [1.29, 1.82) is 5.26 Å². The predicted molar refractivity (Wildman–Crippen MR) is 105 cm³/mol. The third-order valence-electron chi connectivity index (χ3n) is 6.25. The lowest BCUT2D eigenvalue weighted by Crippen LogP contribution is -2.30. The molecule has 2 aromatic carbocycles. The number of hydrogen-bond donors (Lipinski definition) is 0. The van der Waals surface area contributed by atoms with Gasteiger partial charge in [0.05, 0.1) is 24.8 Å². The van der Waals surface area contributed by atoms with Crippen LogP contribution in [0, 0.1) is 11.3 Å². The first kappa shape index (κ1) is 17.2. The second-order valence-electron chi connectivity index (χ2n) is 8.28. The van der Waals surface area contributed by atoms with Crippen molar-refractivity contribution < 1.29 is 14.3 Å². The fourth-order valence-electron chi connectivity index (χ4n) is 4.69. The van der Waals surface area contributed by atoms with E-state index >= 15 is 0 Å². The number of nitrogens with zero attached hydrogens (tertiary/aromatic N) is 1. The smallest absolute Gasteiger partial charge is 0.193 e. The largest absolute Gasteiger partial charge is 0.488 e. The Morgan fingerprint density at radius 2 is 2.00 bits per heavy atom. The zero-order valence-electron chi connectivity index (χ0n) is 16.0. The lowest BCUT2D eigenvalue weighted by molar-refractivity contribution is 0.105. The molecular formula is C24H21NO3. The van der Waals surface area contributed by atoms with Gasteiger partial charge in [-0.25, -0.2) is 0 Å². The van der Waals surface area contributed by atoms with Crippen molar-refractivity contribution in [2.75, 3.05) is 13.2 Å². The number of nitriles is 1. The number of ether oxygens (including phenoxy) is 2. The fourth-order valence-corrected chi connectivity index (χ4v) is 4.69. The van der Waals surface area contributed by atoms with Gasteiger partial charge in [0.2, 0.25) is 0 Å². The highest BCUT2D eigenvalue weighted by molar-refractivity contribution is 6.33. The molecule has 1 heterocycles. The van der Waals surface area contributed by atoms with Crippen LogP contribution in [0.15, 0.2) is 42.0 Å². The molecule has 0 radical (unpaired) electrons. The molecule has 2 aromatic rings. The fraction of sp³-hybridized carbons (Fsp3) is 0.333. The van der Waals surface area contributed by atoms with Gasteiger partial charge in [0.1, 0.15) is 11.9 Å². The Balaban J connectivity index is 1.58. The number of benzene rings is 2. The van der Waals surface area contributed by atoms with Crippen molar-refractivity contribution in [3.63, 3.8) is 0 Å². The Labute approximate surface area is 164 Å². The molecule has 0 saturated carbocycles. The number of ketones is 1. The Morgan fingerprint density at radius 1 is 1.18 bits per heavy atom. The molecule has 1 atom stereocenters. The van der Waals surface area contributed by atoms with Crippen LogP contribution in [0.4, 0.5) is 0 Å². The van der Waals surface area contributed by atoms with Gasteiger partial charge in [-0.2, -0.15) is 5.26 Å². The van der Waals surface area contributed by atoms with Crippen LogP contribution >= 0.6 is 0 Å². The maximum absolute atomic E-state index is 13.4. The lowest BCUT2D eigenvalue weighted by Gasteiger charge is -2.34. The van der Waals surface area contributed by atoms with Crippen molar-refractivity contribution in [1.82, 2.24) is 0 Å². The molecule has 1 fully saturated rings. The predicted octanol–water partition coefficient (Wildman–Crippen LogP) is 4.21. The van der Waals surface area contributed by atoms with Crippen LogP contribution in [0.25, 0.3) is 5.57 Å². The summed E-state index contributed by atoms with van der Waals surface area (Å²) in [4.78, 5) is 13.4. The van der Waals surface area contributed by atoms with E-state index in [1.807, 2.05) is 30.3 Å². The van der Waals surface area contributed by atoms with Crippen LogP contribution in [-0.2, 0) is 16.6 Å². The molecule has 5 rings (SSSR count). The minimum Gasteiger partial charge on any atom is -0.488 e. The molecule has 0 N–H and O–H groups in total. The molecular weight excluding hydrogens is 350 g/mol. The summed E-state index contributed by atoms with van der Waals surface area (Å²) < 4.78 is 11.5. The normalized spacial score (nSPS) is 21.8. The average molecular weight is 371 g/mol. The first-order valence-corrected chi connectivity index (χ1v) is 9.69. The number of Topliss-reactive ketones (excluding diaryl/α,β-unsaturated/α-hetero) is 1. The molecule has 1 saturated heterocycles. The van der Waals surface area contributed by atoms with Gasteiger partial charge < -0.3 is 9.47 Å². The van der Waals surface area contributed by atoms with E-state index in [4.69, 9.17) is 9.47 Å². The molecule has 0 spiro atoms. The number of carbonyl (C=O) groups is 1. The summed E-state index contributed by atoms with van der Waals surface area (Å²) in [5.41, 5.74) is 6.11. The highest BCUT2D eigenvalue weighted by atomic mass is 16.5. The molecule has 140 valence electrons. The van der Waals surface area contributed by atoms with Gasteiger partial charge in [0.25, 0.3) is 0 Å². The SMILES string of the molecule is CC1(C)C2=C(C(=O)c3ccc(O[C@H]4CCOC4)cc31)c1ccc(C#N)cc1C2. The molecule has 0 unspecified atom stereocenters. The van der Waals surface area contributed by atoms with E-state index in [1.165, 1.54) is 0 Å². The van der Waals surface area contributed by atoms with E-state index in [-0.39, 0.29) is 17.3 Å². The van der Waals surface area contributed by atoms with Crippen molar-refractivity contribution >= 4 is 11.4 Å². The van der Waals surface area contributed by atoms with Gasteiger partial charge >= 0.3 is 0 Å². The molecule has 3 aliphatic rings. The summed E-state index contributed by atoms with van der Waals surface area (Å²) in [7, 11) is 0. The topological polar surface area (TPSA) is 59.3 Å². The van der Waals surface area contributed by atoms with E-state index in [0.717, 1.165) is 52.2 Å². The van der Waals surface area contributed by atoms with Gasteiger partial charge in [-0.1, -0.05) is 19.9 Å². The van der Waals surface area contributed by atoms with Gasteiger partial charge in [-0.05, 0) is 59.0 Å². The van der Waals surface area contributed by atoms with E-state index < -0.39 is 0 Å². The minimum atomic E-state index is -0.282. The van der Waals surface area contributed by atoms with Crippen LogP contribution in [0.1, 0.15) is 52.9 Å². The summed E-state index contributed by atoms with van der Waals surface area (Å²) >= 11 is 0. The van der Waals surface area contributed by atoms with Crippen molar-refractivity contribution in [3.8, 4) is 11.8 Å². The number of hydrogen-bond acceptors (Lipinski definition) is 4. The van der Waals surface area contributed by atoms with Crippen molar-refractivity contribution in [2.24, 2.45) is 0 Å². The maximum atomic E-state index is 13.4. The molecule has 4 nitrogen and oxygen atoms in total. The third-order valence-corrected chi connectivity index (χ3v) is 6.25. The minimum absolute atomic E-state index is 0.0727. The molecule has 1 aliphatic heterocycles. The number of allylic oxidation sites excluding steroid dienone is 2. The highest BCUT2D eigenvalue weighted by Crippen LogP contribution is 2.50. The zero-order valence-corrected chi connectivity index (χ0v) is 16.0. The third kappa shape index (κ3) is 2.43. The van der Waals surface area contributed by atoms with Crippen LogP contribution in [0.5, 0.6) is 5.75 Å². The average Bonchev–Trinajstić information content (AvgIpc) is 3.33. The Kier molecular flexibility index (Phi) is 3.72. The summed E-state index contributed by atoms with van der Waals surface area (Å²) in [6.07, 6.45) is 1.68. The number of carbonyl (C=O) groups excluding carboxylic acids is 1. The Bertz CT molecular complexity index is 1080. The molecule has 28 heavy (non-hydrogen) atoms. The maximum Gasteiger partial charge on any atom is 0.193 e. The Hall–Kier alpha value is -2.90. The van der Waals surface area contributed by atoms with Gasteiger partial charge in [-0.3, -0.25) is 4.79 Å². The zero-order chi connectivity index (χ0) is 19.5. The quantitative estimate of drug-likeness (QED) is 0.793. The number of rotatable bonds is 2. The molecule has 2 aliphatic carbocycles. The number of fused-ring (bicyclic) bond motifs is 3. The first-order valence-electron chi connectivity index (χ1n) is 9.69. The summed E-state index contributed by atoms with van der Waals surface area (Å²) in [6, 6.07) is 13.7. The van der Waals surface area contributed by atoms with E-state index in [9.17, 15) is 10.1 Å². The van der Waals surface area contributed by atoms with Gasteiger partial charge in [-0.15, -0.1) is 0 Å². The second-order valence-corrected chi connectivity index (χ2v) is 8.28. The van der Waals surface area contributed by atoms with Crippen LogP contribution in [0.3, 0.4) is 0 Å². The first-order chi connectivity index (χ1) is 13.5. The van der Waals surface area contributed by atoms with Crippen molar-refractivity contribution in [2.45, 2.75) is 38.2 Å². The van der Waals surface area contributed by atoms with E-state index in [2.05, 4.69) is 19.9 Å². The molecule has 0 aromatic heterocycles. The summed E-state index contributed by atoms with van der Waals surface area (Å²) in [5, 5.41) is 9.22. The van der Waals surface area contributed by atoms with E-state index in [0.29, 0.717) is 18.6 Å². The summed E-state index contributed by atoms with van der Waals surface area (Å²) in [6.45, 7) is 5.70. The van der Waals surface area contributed by atoms with Crippen LogP contribution in [0.2, 0.25) is 0 Å². The summed E-state index contributed by atoms with van der Waals surface area (Å²) in [5.74, 6) is 0.866. The van der Waals surface area contributed by atoms with Crippen LogP contribution < -0.4 is 4.74 Å². The van der Waals surface area contributed by atoms with Crippen LogP contribution in [-0.4, -0.2) is 25.1 Å².